The number of nitrogens with zero attached hydrogens (tertiary/aromatic N) is 2. The molecule has 8 heteroatoms. The van der Waals surface area contributed by atoms with E-state index >= 15 is 0 Å². The minimum atomic E-state index is -0.998. The van der Waals surface area contributed by atoms with Crippen LogP contribution >= 0.6 is 11.8 Å². The molecule has 36 heavy (non-hydrogen) atoms. The molecule has 1 N–H and O–H groups in total. The monoisotopic (exact) mass is 502 g/mol. The van der Waals surface area contributed by atoms with Crippen LogP contribution in [0.4, 0.5) is 5.69 Å². The second-order valence-electron chi connectivity index (χ2n) is 8.09. The van der Waals surface area contributed by atoms with E-state index in [1.807, 2.05) is 56.3 Å². The van der Waals surface area contributed by atoms with Gasteiger partial charge in [-0.1, -0.05) is 35.9 Å². The Bertz CT molecular complexity index is 1330. The van der Waals surface area contributed by atoms with Crippen LogP contribution < -0.4 is 9.47 Å². The summed E-state index contributed by atoms with van der Waals surface area (Å²) in [6, 6.07) is 19.9. The first-order valence-electron chi connectivity index (χ1n) is 11.4. The van der Waals surface area contributed by atoms with E-state index in [2.05, 4.69) is 4.99 Å². The third-order valence-corrected chi connectivity index (χ3v) is 6.55. The van der Waals surface area contributed by atoms with E-state index in [0.717, 1.165) is 11.1 Å². The van der Waals surface area contributed by atoms with Crippen LogP contribution in [0.5, 0.6) is 11.5 Å². The zero-order valence-corrected chi connectivity index (χ0v) is 21.0. The molecule has 7 nitrogen and oxygen atoms in total. The maximum atomic E-state index is 13.0. The molecule has 1 aliphatic rings. The SMILES string of the molecule is CCN1C(=O)C(=Cc2ccc(OCc3ccc(C)cc3)c(OC)c2)SC1=Nc1ccc(C(=O)O)cc1. The molecule has 0 radical (unpaired) electrons. The van der Waals surface area contributed by atoms with Gasteiger partial charge in [0.1, 0.15) is 6.61 Å². The number of thioether (sulfide) groups is 1. The van der Waals surface area contributed by atoms with E-state index in [0.29, 0.717) is 40.4 Å². The van der Waals surface area contributed by atoms with Gasteiger partial charge in [-0.05, 0) is 79.2 Å². The number of methoxy groups -OCH3 is 1. The van der Waals surface area contributed by atoms with Gasteiger partial charge >= 0.3 is 5.97 Å². The number of amides is 1. The standard InChI is InChI=1S/C28H26N2O5S/c1-4-30-26(31)25(36-28(30)29-22-12-10-21(11-13-22)27(32)33)16-20-9-14-23(24(15-20)34-3)35-17-19-7-5-18(2)6-8-19/h5-16H,4,17H2,1-3H3,(H,32,33). The highest BCUT2D eigenvalue weighted by Gasteiger charge is 2.32. The zero-order chi connectivity index (χ0) is 25.7. The Morgan fingerprint density at radius 2 is 1.78 bits per heavy atom. The summed E-state index contributed by atoms with van der Waals surface area (Å²) in [6.45, 7) is 4.81. The molecule has 0 aliphatic carbocycles. The van der Waals surface area contributed by atoms with Crippen molar-refractivity contribution in [3.8, 4) is 11.5 Å². The van der Waals surface area contributed by atoms with Crippen molar-refractivity contribution in [2.24, 2.45) is 4.99 Å². The molecule has 0 spiro atoms. The molecule has 3 aromatic carbocycles. The van der Waals surface area contributed by atoms with Crippen molar-refractivity contribution in [3.63, 3.8) is 0 Å². The average Bonchev–Trinajstić information content (AvgIpc) is 3.17. The molecule has 0 saturated carbocycles. The van der Waals surface area contributed by atoms with Crippen molar-refractivity contribution >= 4 is 40.6 Å². The van der Waals surface area contributed by atoms with Crippen LogP contribution in [0.15, 0.2) is 76.6 Å². The molecule has 1 saturated heterocycles. The largest absolute Gasteiger partial charge is 0.493 e. The van der Waals surface area contributed by atoms with Crippen molar-refractivity contribution in [3.05, 3.63) is 93.9 Å². The summed E-state index contributed by atoms with van der Waals surface area (Å²) in [5, 5.41) is 9.62. The highest BCUT2D eigenvalue weighted by atomic mass is 32.2. The van der Waals surface area contributed by atoms with Gasteiger partial charge in [0.25, 0.3) is 5.91 Å². The predicted octanol–water partition coefficient (Wildman–Crippen LogP) is 5.90. The molecule has 4 rings (SSSR count). The number of aliphatic imine (C=N–C) groups is 1. The van der Waals surface area contributed by atoms with Gasteiger partial charge in [0, 0.05) is 6.54 Å². The highest BCUT2D eigenvalue weighted by molar-refractivity contribution is 8.18. The molecule has 1 fully saturated rings. The summed E-state index contributed by atoms with van der Waals surface area (Å²) in [6.07, 6.45) is 1.80. The number of carbonyl (C=O) groups excluding carboxylic acids is 1. The number of carbonyl (C=O) groups is 2. The van der Waals surface area contributed by atoms with E-state index in [-0.39, 0.29) is 11.5 Å². The van der Waals surface area contributed by atoms with Gasteiger partial charge in [0.05, 0.1) is 23.3 Å². The molecule has 0 aromatic heterocycles. The average molecular weight is 503 g/mol. The molecular weight excluding hydrogens is 476 g/mol. The molecule has 0 atom stereocenters. The van der Waals surface area contributed by atoms with Crippen LogP contribution in [0.25, 0.3) is 6.08 Å². The van der Waals surface area contributed by atoms with Crippen LogP contribution in [-0.4, -0.2) is 40.7 Å². The lowest BCUT2D eigenvalue weighted by Crippen LogP contribution is -2.28. The fraction of sp³-hybridized carbons (Fsp3) is 0.179. The second-order valence-corrected chi connectivity index (χ2v) is 9.10. The summed E-state index contributed by atoms with van der Waals surface area (Å²) in [5.74, 6) is 0.0589. The van der Waals surface area contributed by atoms with Crippen molar-refractivity contribution < 1.29 is 24.2 Å². The van der Waals surface area contributed by atoms with Crippen molar-refractivity contribution in [1.82, 2.24) is 4.90 Å². The minimum Gasteiger partial charge on any atom is -0.493 e. The molecule has 3 aromatic rings. The van der Waals surface area contributed by atoms with Crippen molar-refractivity contribution in [2.75, 3.05) is 13.7 Å². The molecule has 1 aliphatic heterocycles. The molecule has 0 bridgehead atoms. The number of carboxylic acid groups (broad SMARTS) is 1. The normalized spacial score (nSPS) is 15.5. The minimum absolute atomic E-state index is 0.137. The first kappa shape index (κ1) is 25.1. The van der Waals surface area contributed by atoms with E-state index in [1.165, 1.54) is 29.5 Å². The summed E-state index contributed by atoms with van der Waals surface area (Å²) >= 11 is 1.28. The number of hydrogen-bond acceptors (Lipinski definition) is 6. The molecule has 184 valence electrons. The van der Waals surface area contributed by atoms with Crippen LogP contribution in [-0.2, 0) is 11.4 Å². The Balaban J connectivity index is 1.53. The molecular formula is C28H26N2O5S. The topological polar surface area (TPSA) is 88.4 Å². The summed E-state index contributed by atoms with van der Waals surface area (Å²) < 4.78 is 11.5. The Labute approximate surface area is 214 Å². The maximum absolute atomic E-state index is 13.0. The number of aromatic carboxylic acids is 1. The predicted molar refractivity (Wildman–Crippen MR) is 142 cm³/mol. The molecule has 1 amide bonds. The van der Waals surface area contributed by atoms with Gasteiger partial charge < -0.3 is 14.6 Å². The van der Waals surface area contributed by atoms with Gasteiger partial charge in [-0.2, -0.15) is 0 Å². The summed E-state index contributed by atoms with van der Waals surface area (Å²) in [5.41, 5.74) is 3.81. The Morgan fingerprint density at radius 3 is 2.42 bits per heavy atom. The third-order valence-electron chi connectivity index (χ3n) is 5.54. The Hall–Kier alpha value is -4.04. The Morgan fingerprint density at radius 1 is 1.06 bits per heavy atom. The van der Waals surface area contributed by atoms with Gasteiger partial charge in [0.15, 0.2) is 16.7 Å². The number of likely N-dealkylation sites (N-methyl/N-ethyl adjacent to an activating group) is 1. The van der Waals surface area contributed by atoms with Gasteiger partial charge in [-0.25, -0.2) is 9.79 Å². The number of benzene rings is 3. The second kappa shape index (κ2) is 11.1. The molecule has 0 unspecified atom stereocenters. The zero-order valence-electron chi connectivity index (χ0n) is 20.2. The van der Waals surface area contributed by atoms with Crippen LogP contribution in [0.1, 0.15) is 34.0 Å². The number of rotatable bonds is 8. The number of hydrogen-bond donors (Lipinski definition) is 1. The maximum Gasteiger partial charge on any atom is 0.335 e. The number of aryl methyl sites for hydroxylation is 1. The van der Waals surface area contributed by atoms with Crippen molar-refractivity contribution in [2.45, 2.75) is 20.5 Å². The van der Waals surface area contributed by atoms with E-state index < -0.39 is 5.97 Å². The fourth-order valence-electron chi connectivity index (χ4n) is 3.55. The molecule has 1 heterocycles. The summed E-state index contributed by atoms with van der Waals surface area (Å²) in [4.78, 5) is 30.8. The van der Waals surface area contributed by atoms with E-state index in [9.17, 15) is 9.59 Å². The van der Waals surface area contributed by atoms with Crippen LogP contribution in [0, 0.1) is 6.92 Å². The van der Waals surface area contributed by atoms with E-state index in [4.69, 9.17) is 14.6 Å². The quantitative estimate of drug-likeness (QED) is 0.386. The van der Waals surface area contributed by atoms with E-state index in [1.54, 1.807) is 30.2 Å². The fourth-order valence-corrected chi connectivity index (χ4v) is 4.61. The van der Waals surface area contributed by atoms with Crippen LogP contribution in [0.3, 0.4) is 0 Å². The summed E-state index contributed by atoms with van der Waals surface area (Å²) in [7, 11) is 1.58. The lowest BCUT2D eigenvalue weighted by molar-refractivity contribution is -0.122. The van der Waals surface area contributed by atoms with Crippen LogP contribution in [0.2, 0.25) is 0 Å². The van der Waals surface area contributed by atoms with Gasteiger partial charge in [-0.15, -0.1) is 0 Å². The number of amidine groups is 1. The first-order chi connectivity index (χ1) is 17.4. The lowest BCUT2D eigenvalue weighted by atomic mass is 10.1. The van der Waals surface area contributed by atoms with Gasteiger partial charge in [0.2, 0.25) is 0 Å². The number of ether oxygens (including phenoxy) is 2. The van der Waals surface area contributed by atoms with Crippen molar-refractivity contribution in [1.29, 1.82) is 0 Å². The first-order valence-corrected chi connectivity index (χ1v) is 12.2. The Kier molecular flexibility index (Phi) is 7.75. The number of carboxylic acids is 1. The third kappa shape index (κ3) is 5.78. The smallest absolute Gasteiger partial charge is 0.335 e. The lowest BCUT2D eigenvalue weighted by Gasteiger charge is -2.12. The highest BCUT2D eigenvalue weighted by Crippen LogP contribution is 2.36. The van der Waals surface area contributed by atoms with Gasteiger partial charge in [-0.3, -0.25) is 9.69 Å².